The van der Waals surface area contributed by atoms with Crippen molar-refractivity contribution in [2.45, 2.75) is 6.92 Å². The molecule has 128 valence electrons. The van der Waals surface area contributed by atoms with Crippen molar-refractivity contribution in [3.05, 3.63) is 59.7 Å². The Balaban J connectivity index is 1.87. The number of carbonyl (C=O) groups is 1. The van der Waals surface area contributed by atoms with Gasteiger partial charge in [-0.3, -0.25) is 9.52 Å². The summed E-state index contributed by atoms with van der Waals surface area (Å²) in [5, 5.41) is 2.76. The highest BCUT2D eigenvalue weighted by atomic mass is 32.2. The van der Waals surface area contributed by atoms with E-state index in [1.807, 2.05) is 30.3 Å². The first-order valence-corrected chi connectivity index (χ1v) is 9.29. The lowest BCUT2D eigenvalue weighted by molar-refractivity contribution is 0.0947. The Hall–Kier alpha value is -2.54. The third kappa shape index (κ3) is 5.58. The number of rotatable bonds is 7. The molecular formula is C17H20N2O4S. The van der Waals surface area contributed by atoms with Crippen molar-refractivity contribution in [2.75, 3.05) is 24.1 Å². The number of carbonyl (C=O) groups excluding carboxylic acids is 1. The van der Waals surface area contributed by atoms with Crippen LogP contribution in [0.5, 0.6) is 5.75 Å². The second-order valence-electron chi connectivity index (χ2n) is 5.32. The fraction of sp³-hybridized carbons (Fsp3) is 0.235. The van der Waals surface area contributed by atoms with E-state index in [4.69, 9.17) is 4.74 Å². The predicted octanol–water partition coefficient (Wildman–Crippen LogP) is 2.18. The Morgan fingerprint density at radius 3 is 2.46 bits per heavy atom. The molecule has 2 N–H and O–H groups in total. The molecule has 2 rings (SSSR count). The van der Waals surface area contributed by atoms with Gasteiger partial charge in [-0.2, -0.15) is 0 Å². The fourth-order valence-corrected chi connectivity index (χ4v) is 2.70. The molecule has 0 bridgehead atoms. The number of hydrogen-bond donors (Lipinski definition) is 2. The van der Waals surface area contributed by atoms with Crippen LogP contribution in [0, 0.1) is 6.92 Å². The van der Waals surface area contributed by atoms with Gasteiger partial charge in [0.1, 0.15) is 12.4 Å². The Morgan fingerprint density at radius 1 is 1.12 bits per heavy atom. The SMILES string of the molecule is Cc1cc(C(=O)NCCOc2ccccc2)ccc1NS(C)(=O)=O. The van der Waals surface area contributed by atoms with Gasteiger partial charge in [-0.1, -0.05) is 18.2 Å². The lowest BCUT2D eigenvalue weighted by Crippen LogP contribution is -2.28. The summed E-state index contributed by atoms with van der Waals surface area (Å²) >= 11 is 0. The Morgan fingerprint density at radius 2 is 1.83 bits per heavy atom. The Bertz CT molecular complexity index is 805. The third-order valence-corrected chi connectivity index (χ3v) is 3.77. The molecule has 2 aromatic carbocycles. The van der Waals surface area contributed by atoms with Crippen molar-refractivity contribution in [3.8, 4) is 5.75 Å². The molecule has 24 heavy (non-hydrogen) atoms. The number of ether oxygens (including phenoxy) is 1. The number of hydrogen-bond acceptors (Lipinski definition) is 4. The maximum atomic E-state index is 12.1. The highest BCUT2D eigenvalue weighted by molar-refractivity contribution is 7.92. The van der Waals surface area contributed by atoms with Crippen LogP contribution in [0.15, 0.2) is 48.5 Å². The fourth-order valence-electron chi connectivity index (χ4n) is 2.07. The molecule has 0 saturated carbocycles. The zero-order chi connectivity index (χ0) is 17.6. The topological polar surface area (TPSA) is 84.5 Å². The summed E-state index contributed by atoms with van der Waals surface area (Å²) in [4.78, 5) is 12.1. The summed E-state index contributed by atoms with van der Waals surface area (Å²) in [6.07, 6.45) is 1.08. The molecule has 0 aliphatic carbocycles. The van der Waals surface area contributed by atoms with Gasteiger partial charge in [0.25, 0.3) is 5.91 Å². The van der Waals surface area contributed by atoms with E-state index < -0.39 is 10.0 Å². The number of nitrogens with one attached hydrogen (secondary N) is 2. The maximum absolute atomic E-state index is 12.1. The van der Waals surface area contributed by atoms with Crippen LogP contribution >= 0.6 is 0 Å². The minimum atomic E-state index is -3.34. The van der Waals surface area contributed by atoms with Gasteiger partial charge in [0.05, 0.1) is 18.5 Å². The van der Waals surface area contributed by atoms with E-state index in [0.29, 0.717) is 30.0 Å². The van der Waals surface area contributed by atoms with E-state index in [2.05, 4.69) is 10.0 Å². The molecule has 0 aliphatic heterocycles. The number of benzene rings is 2. The van der Waals surface area contributed by atoms with Gasteiger partial charge in [-0.15, -0.1) is 0 Å². The van der Waals surface area contributed by atoms with E-state index in [1.165, 1.54) is 0 Å². The largest absolute Gasteiger partial charge is 0.492 e. The normalized spacial score (nSPS) is 10.9. The highest BCUT2D eigenvalue weighted by Crippen LogP contribution is 2.17. The zero-order valence-electron chi connectivity index (χ0n) is 13.6. The summed E-state index contributed by atoms with van der Waals surface area (Å²) in [7, 11) is -3.34. The molecule has 6 nitrogen and oxygen atoms in total. The van der Waals surface area contributed by atoms with Gasteiger partial charge in [0.2, 0.25) is 10.0 Å². The smallest absolute Gasteiger partial charge is 0.251 e. The second-order valence-corrected chi connectivity index (χ2v) is 7.07. The molecule has 0 atom stereocenters. The summed E-state index contributed by atoms with van der Waals surface area (Å²) in [5.74, 6) is 0.513. The van der Waals surface area contributed by atoms with E-state index in [0.717, 1.165) is 12.0 Å². The number of amides is 1. The Labute approximate surface area is 141 Å². The highest BCUT2D eigenvalue weighted by Gasteiger charge is 2.09. The van der Waals surface area contributed by atoms with Crippen LogP contribution < -0.4 is 14.8 Å². The van der Waals surface area contributed by atoms with Gasteiger partial charge in [-0.25, -0.2) is 8.42 Å². The quantitative estimate of drug-likeness (QED) is 0.751. The predicted molar refractivity (Wildman–Crippen MR) is 93.9 cm³/mol. The first kappa shape index (κ1) is 17.8. The van der Waals surface area contributed by atoms with Crippen LogP contribution in [-0.2, 0) is 10.0 Å². The lowest BCUT2D eigenvalue weighted by atomic mass is 10.1. The standard InChI is InChI=1S/C17H20N2O4S/c1-13-12-14(8-9-16(13)19-24(2,21)22)17(20)18-10-11-23-15-6-4-3-5-7-15/h3-9,12,19H,10-11H2,1-2H3,(H,18,20). The minimum Gasteiger partial charge on any atom is -0.492 e. The molecule has 1 amide bonds. The average molecular weight is 348 g/mol. The number of anilines is 1. The second kappa shape index (κ2) is 7.83. The van der Waals surface area contributed by atoms with Crippen LogP contribution in [-0.4, -0.2) is 33.7 Å². The molecule has 0 spiro atoms. The monoisotopic (exact) mass is 348 g/mol. The molecule has 0 unspecified atom stereocenters. The lowest BCUT2D eigenvalue weighted by Gasteiger charge is -2.10. The number of aryl methyl sites for hydroxylation is 1. The van der Waals surface area contributed by atoms with Crippen LogP contribution in [0.3, 0.4) is 0 Å². The van der Waals surface area contributed by atoms with Crippen LogP contribution in [0.25, 0.3) is 0 Å². The zero-order valence-corrected chi connectivity index (χ0v) is 14.4. The van der Waals surface area contributed by atoms with Crippen molar-refractivity contribution in [3.63, 3.8) is 0 Å². The first-order chi connectivity index (χ1) is 11.3. The van der Waals surface area contributed by atoms with Crippen molar-refractivity contribution in [2.24, 2.45) is 0 Å². The number of para-hydroxylation sites is 1. The molecule has 0 fully saturated rings. The summed E-state index contributed by atoms with van der Waals surface area (Å²) in [6, 6.07) is 14.1. The van der Waals surface area contributed by atoms with Crippen LogP contribution in [0.1, 0.15) is 15.9 Å². The van der Waals surface area contributed by atoms with Crippen molar-refractivity contribution < 1.29 is 17.9 Å². The summed E-state index contributed by atoms with van der Waals surface area (Å²) < 4.78 is 30.4. The average Bonchev–Trinajstić information content (AvgIpc) is 2.53. The van der Waals surface area contributed by atoms with Crippen LogP contribution in [0.4, 0.5) is 5.69 Å². The van der Waals surface area contributed by atoms with Gasteiger partial charge in [0, 0.05) is 5.56 Å². The summed E-state index contributed by atoms with van der Waals surface area (Å²) in [6.45, 7) is 2.47. The molecular weight excluding hydrogens is 328 g/mol. The van der Waals surface area contributed by atoms with Gasteiger partial charge in [0.15, 0.2) is 0 Å². The van der Waals surface area contributed by atoms with E-state index in [9.17, 15) is 13.2 Å². The van der Waals surface area contributed by atoms with Gasteiger partial charge in [-0.05, 0) is 42.8 Å². The molecule has 0 aromatic heterocycles. The van der Waals surface area contributed by atoms with E-state index in [-0.39, 0.29) is 5.91 Å². The van der Waals surface area contributed by atoms with Gasteiger partial charge >= 0.3 is 0 Å². The van der Waals surface area contributed by atoms with Crippen molar-refractivity contribution >= 4 is 21.6 Å². The van der Waals surface area contributed by atoms with Crippen molar-refractivity contribution in [1.29, 1.82) is 0 Å². The molecule has 0 aliphatic rings. The minimum absolute atomic E-state index is 0.235. The molecule has 0 radical (unpaired) electrons. The maximum Gasteiger partial charge on any atom is 0.251 e. The van der Waals surface area contributed by atoms with E-state index in [1.54, 1.807) is 25.1 Å². The van der Waals surface area contributed by atoms with E-state index >= 15 is 0 Å². The number of sulfonamides is 1. The molecule has 7 heteroatoms. The molecule has 0 heterocycles. The third-order valence-electron chi connectivity index (χ3n) is 3.18. The van der Waals surface area contributed by atoms with Crippen LogP contribution in [0.2, 0.25) is 0 Å². The summed E-state index contributed by atoms with van der Waals surface area (Å²) in [5.41, 5.74) is 1.60. The van der Waals surface area contributed by atoms with Gasteiger partial charge < -0.3 is 10.1 Å². The van der Waals surface area contributed by atoms with Crippen molar-refractivity contribution in [1.82, 2.24) is 5.32 Å². The molecule has 2 aromatic rings. The first-order valence-electron chi connectivity index (χ1n) is 7.39. The Kier molecular flexibility index (Phi) is 5.81. The molecule has 0 saturated heterocycles.